The molecule has 2 aromatic rings. The van der Waals surface area contributed by atoms with Crippen molar-refractivity contribution in [1.82, 2.24) is 9.88 Å². The summed E-state index contributed by atoms with van der Waals surface area (Å²) in [4.78, 5) is 6.98. The molecular formula is C18H21N3. The van der Waals surface area contributed by atoms with Crippen LogP contribution in [0.4, 0.5) is 5.69 Å². The van der Waals surface area contributed by atoms with Gasteiger partial charge in [-0.1, -0.05) is 12.1 Å². The lowest BCUT2D eigenvalue weighted by molar-refractivity contribution is 0.180. The van der Waals surface area contributed by atoms with Gasteiger partial charge in [0, 0.05) is 30.2 Å². The average Bonchev–Trinajstić information content (AvgIpc) is 3.13. The van der Waals surface area contributed by atoms with E-state index in [4.69, 9.17) is 5.73 Å². The number of benzene rings is 1. The van der Waals surface area contributed by atoms with Crippen LogP contribution in [0.2, 0.25) is 0 Å². The van der Waals surface area contributed by atoms with Crippen molar-refractivity contribution in [3.8, 4) is 0 Å². The highest BCUT2D eigenvalue weighted by molar-refractivity contribution is 5.48. The predicted octanol–water partition coefficient (Wildman–Crippen LogP) is 3.49. The lowest BCUT2D eigenvalue weighted by Crippen LogP contribution is -2.27. The Kier molecular flexibility index (Phi) is 3.15. The molecule has 2 atom stereocenters. The van der Waals surface area contributed by atoms with E-state index in [9.17, 15) is 0 Å². The SMILES string of the molecule is Nc1ccc2c(c1)CCC2N1CCCC1c1cccnc1. The van der Waals surface area contributed by atoms with E-state index < -0.39 is 0 Å². The Morgan fingerprint density at radius 3 is 2.95 bits per heavy atom. The molecule has 1 aliphatic heterocycles. The molecule has 4 rings (SSSR count). The van der Waals surface area contributed by atoms with E-state index in [0.717, 1.165) is 12.1 Å². The molecule has 2 heterocycles. The maximum absolute atomic E-state index is 5.93. The summed E-state index contributed by atoms with van der Waals surface area (Å²) in [7, 11) is 0. The molecule has 0 spiro atoms. The maximum atomic E-state index is 5.93. The summed E-state index contributed by atoms with van der Waals surface area (Å²) < 4.78 is 0. The summed E-state index contributed by atoms with van der Waals surface area (Å²) in [5, 5.41) is 0. The first-order valence-electron chi connectivity index (χ1n) is 7.87. The van der Waals surface area contributed by atoms with Gasteiger partial charge in [-0.15, -0.1) is 0 Å². The average molecular weight is 279 g/mol. The summed E-state index contributed by atoms with van der Waals surface area (Å²) in [5.74, 6) is 0. The zero-order chi connectivity index (χ0) is 14.2. The minimum atomic E-state index is 0.521. The van der Waals surface area contributed by atoms with Crippen LogP contribution in [0.1, 0.15) is 48.0 Å². The van der Waals surface area contributed by atoms with Crippen LogP contribution in [0, 0.1) is 0 Å². The Balaban J connectivity index is 1.65. The number of rotatable bonds is 2. The summed E-state index contributed by atoms with van der Waals surface area (Å²) in [6.07, 6.45) is 8.78. The third-order valence-corrected chi connectivity index (χ3v) is 4.98. The molecule has 21 heavy (non-hydrogen) atoms. The molecule has 2 N–H and O–H groups in total. The molecule has 0 amide bonds. The van der Waals surface area contributed by atoms with Crippen LogP contribution in [-0.2, 0) is 6.42 Å². The molecule has 0 bridgehead atoms. The van der Waals surface area contributed by atoms with Gasteiger partial charge in [0.2, 0.25) is 0 Å². The van der Waals surface area contributed by atoms with Gasteiger partial charge in [-0.25, -0.2) is 0 Å². The van der Waals surface area contributed by atoms with Gasteiger partial charge in [-0.2, -0.15) is 0 Å². The number of nitrogens with two attached hydrogens (primary N) is 1. The number of anilines is 1. The van der Waals surface area contributed by atoms with Gasteiger partial charge < -0.3 is 5.73 Å². The fourth-order valence-corrected chi connectivity index (χ4v) is 4.05. The molecule has 0 saturated carbocycles. The van der Waals surface area contributed by atoms with Crippen LogP contribution in [0.15, 0.2) is 42.7 Å². The Morgan fingerprint density at radius 2 is 2.10 bits per heavy atom. The van der Waals surface area contributed by atoms with E-state index >= 15 is 0 Å². The Morgan fingerprint density at radius 1 is 1.14 bits per heavy atom. The Hall–Kier alpha value is -1.87. The lowest BCUT2D eigenvalue weighted by Gasteiger charge is -2.31. The van der Waals surface area contributed by atoms with Gasteiger partial charge in [0.15, 0.2) is 0 Å². The third-order valence-electron chi connectivity index (χ3n) is 4.98. The summed E-state index contributed by atoms with van der Waals surface area (Å²) in [6.45, 7) is 1.19. The first kappa shape index (κ1) is 12.8. The molecule has 3 heteroatoms. The van der Waals surface area contributed by atoms with E-state index in [-0.39, 0.29) is 0 Å². The molecule has 2 aliphatic rings. The largest absolute Gasteiger partial charge is 0.399 e. The molecular weight excluding hydrogens is 258 g/mol. The molecule has 1 aromatic carbocycles. The normalized spacial score (nSPS) is 25.1. The molecule has 0 radical (unpaired) electrons. The Bertz CT molecular complexity index is 638. The number of nitrogens with zero attached hydrogens (tertiary/aromatic N) is 2. The van der Waals surface area contributed by atoms with Gasteiger partial charge >= 0.3 is 0 Å². The van der Waals surface area contributed by atoms with Crippen molar-refractivity contribution in [2.24, 2.45) is 0 Å². The fourth-order valence-electron chi connectivity index (χ4n) is 4.05. The van der Waals surface area contributed by atoms with E-state index in [1.165, 1.54) is 42.5 Å². The summed E-state index contributed by atoms with van der Waals surface area (Å²) in [6, 6.07) is 11.8. The number of pyridine rings is 1. The minimum Gasteiger partial charge on any atom is -0.399 e. The van der Waals surface area contributed by atoms with Crippen LogP contribution >= 0.6 is 0 Å². The predicted molar refractivity (Wildman–Crippen MR) is 84.8 cm³/mol. The molecule has 1 saturated heterocycles. The van der Waals surface area contributed by atoms with Gasteiger partial charge in [-0.05, 0) is 67.1 Å². The number of likely N-dealkylation sites (tertiary alicyclic amines) is 1. The third kappa shape index (κ3) is 2.22. The van der Waals surface area contributed by atoms with Gasteiger partial charge in [0.25, 0.3) is 0 Å². The number of hydrogen-bond donors (Lipinski definition) is 1. The van der Waals surface area contributed by atoms with E-state index in [0.29, 0.717) is 12.1 Å². The van der Waals surface area contributed by atoms with Crippen molar-refractivity contribution in [1.29, 1.82) is 0 Å². The zero-order valence-electron chi connectivity index (χ0n) is 12.2. The number of fused-ring (bicyclic) bond motifs is 1. The van der Waals surface area contributed by atoms with E-state index in [1.807, 2.05) is 18.5 Å². The Labute approximate surface area is 125 Å². The number of aromatic nitrogens is 1. The first-order valence-corrected chi connectivity index (χ1v) is 7.87. The second kappa shape index (κ2) is 5.15. The van der Waals surface area contributed by atoms with Crippen molar-refractivity contribution >= 4 is 5.69 Å². The molecule has 1 fully saturated rings. The van der Waals surface area contributed by atoms with Crippen molar-refractivity contribution in [2.75, 3.05) is 12.3 Å². The van der Waals surface area contributed by atoms with Crippen LogP contribution in [-0.4, -0.2) is 16.4 Å². The highest BCUT2D eigenvalue weighted by Gasteiger charge is 2.35. The van der Waals surface area contributed by atoms with Crippen molar-refractivity contribution in [3.05, 3.63) is 59.4 Å². The van der Waals surface area contributed by atoms with Crippen LogP contribution in [0.3, 0.4) is 0 Å². The standard InChI is InChI=1S/C18H21N3/c19-15-6-7-16-13(11-15)5-8-18(16)21-10-2-4-17(21)14-3-1-9-20-12-14/h1,3,6-7,9,11-12,17-18H,2,4-5,8,10,19H2. The number of nitrogen functional groups attached to an aromatic ring is 1. The monoisotopic (exact) mass is 279 g/mol. The highest BCUT2D eigenvalue weighted by Crippen LogP contribution is 2.44. The highest BCUT2D eigenvalue weighted by atomic mass is 15.2. The van der Waals surface area contributed by atoms with Crippen molar-refractivity contribution < 1.29 is 0 Å². The van der Waals surface area contributed by atoms with Gasteiger partial charge in [0.1, 0.15) is 0 Å². The molecule has 2 unspecified atom stereocenters. The van der Waals surface area contributed by atoms with Crippen LogP contribution in [0.25, 0.3) is 0 Å². The quantitative estimate of drug-likeness (QED) is 0.856. The smallest absolute Gasteiger partial charge is 0.0369 e. The minimum absolute atomic E-state index is 0.521. The summed E-state index contributed by atoms with van der Waals surface area (Å²) in [5.41, 5.74) is 11.1. The van der Waals surface area contributed by atoms with E-state index in [2.05, 4.69) is 34.1 Å². The van der Waals surface area contributed by atoms with Gasteiger partial charge in [-0.3, -0.25) is 9.88 Å². The number of aryl methyl sites for hydroxylation is 1. The summed E-state index contributed by atoms with van der Waals surface area (Å²) >= 11 is 0. The van der Waals surface area contributed by atoms with Crippen LogP contribution < -0.4 is 5.73 Å². The zero-order valence-corrected chi connectivity index (χ0v) is 12.2. The van der Waals surface area contributed by atoms with Crippen molar-refractivity contribution in [2.45, 2.75) is 37.8 Å². The molecule has 108 valence electrons. The first-order chi connectivity index (χ1) is 10.3. The maximum Gasteiger partial charge on any atom is 0.0369 e. The van der Waals surface area contributed by atoms with Gasteiger partial charge in [0.05, 0.1) is 0 Å². The number of hydrogen-bond acceptors (Lipinski definition) is 3. The van der Waals surface area contributed by atoms with Crippen molar-refractivity contribution in [3.63, 3.8) is 0 Å². The molecule has 1 aromatic heterocycles. The molecule has 3 nitrogen and oxygen atoms in total. The topological polar surface area (TPSA) is 42.1 Å². The van der Waals surface area contributed by atoms with Crippen LogP contribution in [0.5, 0.6) is 0 Å². The fraction of sp³-hybridized carbons (Fsp3) is 0.389. The van der Waals surface area contributed by atoms with E-state index in [1.54, 1.807) is 0 Å². The second-order valence-electron chi connectivity index (χ2n) is 6.19. The molecule has 1 aliphatic carbocycles. The lowest BCUT2D eigenvalue weighted by atomic mass is 10.0. The second-order valence-corrected chi connectivity index (χ2v) is 6.19.